The molecule has 0 unspecified atom stereocenters. The van der Waals surface area contributed by atoms with E-state index in [1.165, 1.54) is 24.1 Å². The Balaban J connectivity index is 2.08. The van der Waals surface area contributed by atoms with E-state index in [4.69, 9.17) is 12.2 Å². The van der Waals surface area contributed by atoms with Gasteiger partial charge in [-0.05, 0) is 50.5 Å². The molecule has 4 nitrogen and oxygen atoms in total. The predicted octanol–water partition coefficient (Wildman–Crippen LogP) is 3.74. The van der Waals surface area contributed by atoms with Crippen molar-refractivity contribution in [2.45, 2.75) is 32.7 Å². The van der Waals surface area contributed by atoms with E-state index in [-0.39, 0.29) is 0 Å². The van der Waals surface area contributed by atoms with Crippen molar-refractivity contribution in [3.05, 3.63) is 34.6 Å². The van der Waals surface area contributed by atoms with Gasteiger partial charge in [0.2, 0.25) is 5.95 Å². The first-order valence-corrected chi connectivity index (χ1v) is 7.13. The Morgan fingerprint density at radius 2 is 2.16 bits per heavy atom. The Morgan fingerprint density at radius 3 is 2.79 bits per heavy atom. The van der Waals surface area contributed by atoms with Crippen molar-refractivity contribution in [2.24, 2.45) is 0 Å². The molecule has 1 heterocycles. The van der Waals surface area contributed by atoms with Gasteiger partial charge in [-0.3, -0.25) is 4.57 Å². The number of hydrogen-bond acceptors (Lipinski definition) is 3. The van der Waals surface area contributed by atoms with Crippen LogP contribution in [0.3, 0.4) is 0 Å². The van der Waals surface area contributed by atoms with Gasteiger partial charge in [-0.1, -0.05) is 18.2 Å². The van der Waals surface area contributed by atoms with E-state index in [1.54, 1.807) is 0 Å². The Labute approximate surface area is 118 Å². The molecule has 19 heavy (non-hydrogen) atoms. The normalized spacial score (nSPS) is 14.6. The summed E-state index contributed by atoms with van der Waals surface area (Å²) >= 11 is 5.36. The summed E-state index contributed by atoms with van der Waals surface area (Å²) in [5, 5.41) is 7.37. The second-order valence-corrected chi connectivity index (χ2v) is 5.35. The smallest absolute Gasteiger partial charge is 0.230 e. The van der Waals surface area contributed by atoms with Crippen molar-refractivity contribution in [2.75, 3.05) is 11.4 Å². The first-order chi connectivity index (χ1) is 9.22. The number of H-pyrrole nitrogens is 1. The number of aryl methyl sites for hydroxylation is 1. The van der Waals surface area contributed by atoms with Gasteiger partial charge >= 0.3 is 0 Å². The zero-order valence-corrected chi connectivity index (χ0v) is 12.1. The Bertz CT molecular complexity index is 639. The van der Waals surface area contributed by atoms with Crippen LogP contribution in [-0.2, 0) is 0 Å². The van der Waals surface area contributed by atoms with Crippen LogP contribution in [0.25, 0.3) is 0 Å². The van der Waals surface area contributed by atoms with Crippen LogP contribution in [0.15, 0.2) is 24.3 Å². The van der Waals surface area contributed by atoms with E-state index < -0.39 is 0 Å². The Kier molecular flexibility index (Phi) is 3.14. The topological polar surface area (TPSA) is 36.9 Å². The van der Waals surface area contributed by atoms with Gasteiger partial charge in [0.15, 0.2) is 4.77 Å². The van der Waals surface area contributed by atoms with Crippen LogP contribution >= 0.6 is 12.2 Å². The molecule has 1 fully saturated rings. The zero-order chi connectivity index (χ0) is 13.4. The summed E-state index contributed by atoms with van der Waals surface area (Å²) in [6.07, 6.45) is 2.40. The van der Waals surface area contributed by atoms with E-state index in [9.17, 15) is 0 Å². The molecule has 0 aliphatic heterocycles. The molecule has 0 bridgehead atoms. The van der Waals surface area contributed by atoms with Gasteiger partial charge in [-0.2, -0.15) is 0 Å². The van der Waals surface area contributed by atoms with Gasteiger partial charge in [0.25, 0.3) is 0 Å². The average molecular weight is 274 g/mol. The van der Waals surface area contributed by atoms with Crippen LogP contribution in [0.2, 0.25) is 0 Å². The lowest BCUT2D eigenvalue weighted by Crippen LogP contribution is -2.21. The highest BCUT2D eigenvalue weighted by molar-refractivity contribution is 7.71. The van der Waals surface area contributed by atoms with Gasteiger partial charge in [-0.25, -0.2) is 5.10 Å². The summed E-state index contributed by atoms with van der Waals surface area (Å²) in [5.41, 5.74) is 2.45. The van der Waals surface area contributed by atoms with Crippen LogP contribution in [0.4, 0.5) is 11.6 Å². The third-order valence-electron chi connectivity index (χ3n) is 3.56. The molecule has 0 amide bonds. The summed E-state index contributed by atoms with van der Waals surface area (Å²) in [6, 6.07) is 8.91. The summed E-state index contributed by atoms with van der Waals surface area (Å²) in [5.74, 6) is 0.935. The van der Waals surface area contributed by atoms with E-state index in [0.29, 0.717) is 6.04 Å². The molecule has 0 atom stereocenters. The summed E-state index contributed by atoms with van der Waals surface area (Å²) < 4.78 is 2.88. The molecule has 0 radical (unpaired) electrons. The fourth-order valence-corrected chi connectivity index (χ4v) is 2.71. The van der Waals surface area contributed by atoms with Gasteiger partial charge in [0.05, 0.1) is 0 Å². The number of nitrogens with zero attached hydrogens (tertiary/aromatic N) is 3. The second kappa shape index (κ2) is 4.81. The third kappa shape index (κ3) is 2.18. The average Bonchev–Trinajstić information content (AvgIpc) is 3.17. The predicted molar refractivity (Wildman–Crippen MR) is 79.5 cm³/mol. The van der Waals surface area contributed by atoms with E-state index in [1.807, 2.05) is 0 Å². The van der Waals surface area contributed by atoms with Gasteiger partial charge in [0.1, 0.15) is 0 Å². The highest BCUT2D eigenvalue weighted by atomic mass is 32.1. The lowest BCUT2D eigenvalue weighted by atomic mass is 10.2. The number of para-hydroxylation sites is 1. The van der Waals surface area contributed by atoms with Crippen molar-refractivity contribution < 1.29 is 0 Å². The van der Waals surface area contributed by atoms with Crippen molar-refractivity contribution in [3.8, 4) is 0 Å². The fraction of sp³-hybridized carbons (Fsp3) is 0.429. The standard InChI is InChI=1S/C14H18N4S/c1-3-17(12-7-5-4-6-10(12)2)13-15-16-14(19)18(13)11-8-9-11/h4-7,11H,3,8-9H2,1-2H3,(H,16,19). The zero-order valence-electron chi connectivity index (χ0n) is 11.3. The van der Waals surface area contributed by atoms with Crippen LogP contribution in [-0.4, -0.2) is 21.3 Å². The first kappa shape index (κ1) is 12.4. The number of nitrogens with one attached hydrogen (secondary N) is 1. The van der Waals surface area contributed by atoms with Crippen molar-refractivity contribution >= 4 is 23.9 Å². The maximum Gasteiger partial charge on any atom is 0.230 e. The molecule has 1 aromatic carbocycles. The Morgan fingerprint density at radius 1 is 1.42 bits per heavy atom. The van der Waals surface area contributed by atoms with Crippen molar-refractivity contribution in [1.29, 1.82) is 0 Å². The van der Waals surface area contributed by atoms with Crippen molar-refractivity contribution in [1.82, 2.24) is 14.8 Å². The maximum atomic E-state index is 5.36. The van der Waals surface area contributed by atoms with Gasteiger partial charge in [-0.15, -0.1) is 5.10 Å². The molecular formula is C14H18N4S. The monoisotopic (exact) mass is 274 g/mol. The lowest BCUT2D eigenvalue weighted by Gasteiger charge is -2.24. The minimum absolute atomic E-state index is 0.527. The summed E-state index contributed by atoms with van der Waals surface area (Å²) in [4.78, 5) is 2.22. The quantitative estimate of drug-likeness (QED) is 0.863. The minimum Gasteiger partial charge on any atom is -0.311 e. The molecule has 5 heteroatoms. The van der Waals surface area contributed by atoms with Crippen LogP contribution in [0, 0.1) is 11.7 Å². The molecule has 100 valence electrons. The van der Waals surface area contributed by atoms with E-state index >= 15 is 0 Å². The first-order valence-electron chi connectivity index (χ1n) is 6.72. The van der Waals surface area contributed by atoms with Crippen LogP contribution in [0.1, 0.15) is 31.4 Å². The summed E-state index contributed by atoms with van der Waals surface area (Å²) in [7, 11) is 0. The number of hydrogen-bond donors (Lipinski definition) is 1. The molecule has 2 aromatic rings. The number of anilines is 2. The molecule has 0 spiro atoms. The molecule has 1 aliphatic carbocycles. The number of rotatable bonds is 4. The van der Waals surface area contributed by atoms with E-state index in [0.717, 1.165) is 17.3 Å². The molecule has 1 N–H and O–H groups in total. The molecular weight excluding hydrogens is 256 g/mol. The third-order valence-corrected chi connectivity index (χ3v) is 3.85. The largest absolute Gasteiger partial charge is 0.311 e. The molecule has 3 rings (SSSR count). The molecule has 1 aliphatic rings. The molecule has 0 saturated heterocycles. The highest BCUT2D eigenvalue weighted by Crippen LogP contribution is 2.39. The van der Waals surface area contributed by atoms with E-state index in [2.05, 4.69) is 57.8 Å². The molecule has 1 aromatic heterocycles. The maximum absolute atomic E-state index is 5.36. The molecule has 1 saturated carbocycles. The van der Waals surface area contributed by atoms with Crippen molar-refractivity contribution in [3.63, 3.8) is 0 Å². The van der Waals surface area contributed by atoms with Crippen LogP contribution < -0.4 is 4.90 Å². The number of aromatic nitrogens is 3. The highest BCUT2D eigenvalue weighted by Gasteiger charge is 2.29. The number of aromatic amines is 1. The fourth-order valence-electron chi connectivity index (χ4n) is 2.43. The minimum atomic E-state index is 0.527. The SMILES string of the molecule is CCN(c1ccccc1C)c1n[nH]c(=S)n1C1CC1. The van der Waals surface area contributed by atoms with Gasteiger partial charge < -0.3 is 4.90 Å². The lowest BCUT2D eigenvalue weighted by molar-refractivity contribution is 0.714. The van der Waals surface area contributed by atoms with Gasteiger partial charge in [0, 0.05) is 18.3 Å². The number of benzene rings is 1. The Hall–Kier alpha value is -1.62. The second-order valence-electron chi connectivity index (χ2n) is 4.96. The van der Waals surface area contributed by atoms with Crippen LogP contribution in [0.5, 0.6) is 0 Å². The summed E-state index contributed by atoms with van der Waals surface area (Å²) in [6.45, 7) is 5.14.